The molecule has 0 saturated carbocycles. The zero-order valence-electron chi connectivity index (χ0n) is 10.6. The number of hydrogen-bond donors (Lipinski definition) is 2. The third-order valence-corrected chi connectivity index (χ3v) is 3.82. The molecule has 0 radical (unpaired) electrons. The van der Waals surface area contributed by atoms with Crippen molar-refractivity contribution in [1.29, 1.82) is 0 Å². The molecule has 1 aromatic rings. The van der Waals surface area contributed by atoms with E-state index in [0.717, 1.165) is 17.5 Å². The summed E-state index contributed by atoms with van der Waals surface area (Å²) in [7, 11) is 0. The molecular weight excluding hydrogens is 226 g/mol. The minimum Gasteiger partial charge on any atom is -0.480 e. The molecule has 2 rings (SSSR count). The van der Waals surface area contributed by atoms with Crippen molar-refractivity contribution >= 4 is 5.97 Å². The van der Waals surface area contributed by atoms with Gasteiger partial charge in [0.1, 0.15) is 5.54 Å². The van der Waals surface area contributed by atoms with Crippen LogP contribution in [0.15, 0.2) is 36.9 Å². The lowest BCUT2D eigenvalue weighted by Crippen LogP contribution is -2.51. The molecule has 2 unspecified atom stereocenters. The highest BCUT2D eigenvalue weighted by Crippen LogP contribution is 2.41. The highest BCUT2D eigenvalue weighted by Gasteiger charge is 2.44. The molecule has 96 valence electrons. The molecule has 18 heavy (non-hydrogen) atoms. The number of hydrogen-bond acceptors (Lipinski definition) is 2. The van der Waals surface area contributed by atoms with Gasteiger partial charge in [0.15, 0.2) is 0 Å². The Balaban J connectivity index is 2.51. The summed E-state index contributed by atoms with van der Waals surface area (Å²) in [5, 5.41) is 12.8. The van der Waals surface area contributed by atoms with E-state index in [2.05, 4.69) is 18.8 Å². The Labute approximate surface area is 108 Å². The standard InChI is InChI=1S/C15H19NO2/c1-3-10-16-15(14(17)18)9-8-11(2)12-6-4-5-7-13(12)15/h3-7,11,16H,1,8-10H2,2H3,(H,17,18). The number of carboxylic acid groups (broad SMARTS) is 1. The molecule has 2 N–H and O–H groups in total. The summed E-state index contributed by atoms with van der Waals surface area (Å²) in [6, 6.07) is 7.84. The molecular formula is C15H19NO2. The predicted octanol–water partition coefficient (Wildman–Crippen LogP) is 2.64. The predicted molar refractivity (Wildman–Crippen MR) is 71.6 cm³/mol. The molecule has 1 aromatic carbocycles. The van der Waals surface area contributed by atoms with Gasteiger partial charge < -0.3 is 5.11 Å². The van der Waals surface area contributed by atoms with Gasteiger partial charge in [0, 0.05) is 6.54 Å². The van der Waals surface area contributed by atoms with E-state index in [1.807, 2.05) is 24.3 Å². The van der Waals surface area contributed by atoms with Gasteiger partial charge in [-0.2, -0.15) is 0 Å². The SMILES string of the molecule is C=CCNC1(C(=O)O)CCC(C)c2ccccc21. The molecule has 0 aliphatic heterocycles. The lowest BCUT2D eigenvalue weighted by Gasteiger charge is -2.38. The average Bonchev–Trinajstić information content (AvgIpc) is 2.38. The van der Waals surface area contributed by atoms with Crippen LogP contribution >= 0.6 is 0 Å². The van der Waals surface area contributed by atoms with Crippen molar-refractivity contribution in [2.24, 2.45) is 0 Å². The molecule has 1 aliphatic rings. The molecule has 2 atom stereocenters. The maximum absolute atomic E-state index is 11.8. The van der Waals surface area contributed by atoms with E-state index in [0.29, 0.717) is 18.9 Å². The largest absolute Gasteiger partial charge is 0.480 e. The molecule has 0 saturated heterocycles. The number of carbonyl (C=O) groups is 1. The van der Waals surface area contributed by atoms with Crippen LogP contribution in [0.25, 0.3) is 0 Å². The lowest BCUT2D eigenvalue weighted by molar-refractivity contribution is -0.146. The topological polar surface area (TPSA) is 49.3 Å². The van der Waals surface area contributed by atoms with Crippen LogP contribution in [0.4, 0.5) is 0 Å². The molecule has 0 spiro atoms. The van der Waals surface area contributed by atoms with Gasteiger partial charge in [-0.3, -0.25) is 5.32 Å². The van der Waals surface area contributed by atoms with Crippen molar-refractivity contribution in [1.82, 2.24) is 5.32 Å². The molecule has 0 bridgehead atoms. The van der Waals surface area contributed by atoms with Gasteiger partial charge >= 0.3 is 5.97 Å². The monoisotopic (exact) mass is 245 g/mol. The van der Waals surface area contributed by atoms with Crippen LogP contribution in [-0.4, -0.2) is 17.6 Å². The number of carboxylic acids is 1. The smallest absolute Gasteiger partial charge is 0.328 e. The van der Waals surface area contributed by atoms with Crippen LogP contribution in [0.2, 0.25) is 0 Å². The Hall–Kier alpha value is -1.61. The van der Waals surface area contributed by atoms with Crippen molar-refractivity contribution in [3.05, 3.63) is 48.0 Å². The average molecular weight is 245 g/mol. The van der Waals surface area contributed by atoms with E-state index in [1.165, 1.54) is 0 Å². The summed E-state index contributed by atoms with van der Waals surface area (Å²) < 4.78 is 0. The van der Waals surface area contributed by atoms with Crippen molar-refractivity contribution in [3.8, 4) is 0 Å². The van der Waals surface area contributed by atoms with Gasteiger partial charge in [-0.25, -0.2) is 4.79 Å². The normalized spacial score (nSPS) is 26.4. The van der Waals surface area contributed by atoms with E-state index in [1.54, 1.807) is 6.08 Å². The summed E-state index contributed by atoms with van der Waals surface area (Å²) in [6.07, 6.45) is 3.20. The Kier molecular flexibility index (Phi) is 3.53. The Morgan fingerprint density at radius 3 is 3.00 bits per heavy atom. The number of benzene rings is 1. The second-order valence-corrected chi connectivity index (χ2v) is 4.91. The second-order valence-electron chi connectivity index (χ2n) is 4.91. The van der Waals surface area contributed by atoms with Gasteiger partial charge in [-0.05, 0) is 29.9 Å². The minimum absolute atomic E-state index is 0.416. The first-order chi connectivity index (χ1) is 8.62. The zero-order valence-corrected chi connectivity index (χ0v) is 10.6. The first-order valence-corrected chi connectivity index (χ1v) is 6.30. The summed E-state index contributed by atoms with van der Waals surface area (Å²) in [5.74, 6) is -0.386. The third kappa shape index (κ3) is 1.95. The Bertz CT molecular complexity index is 469. The summed E-state index contributed by atoms with van der Waals surface area (Å²) in [6.45, 7) is 6.30. The first kappa shape index (κ1) is 12.8. The van der Waals surface area contributed by atoms with Gasteiger partial charge in [-0.15, -0.1) is 6.58 Å². The highest BCUT2D eigenvalue weighted by molar-refractivity contribution is 5.82. The van der Waals surface area contributed by atoms with E-state index in [-0.39, 0.29) is 0 Å². The van der Waals surface area contributed by atoms with Crippen molar-refractivity contribution in [3.63, 3.8) is 0 Å². The third-order valence-electron chi connectivity index (χ3n) is 3.82. The molecule has 0 aromatic heterocycles. The molecule has 0 fully saturated rings. The van der Waals surface area contributed by atoms with Crippen LogP contribution in [0, 0.1) is 0 Å². The quantitative estimate of drug-likeness (QED) is 0.802. The van der Waals surface area contributed by atoms with Gasteiger partial charge in [0.05, 0.1) is 0 Å². The fourth-order valence-electron chi connectivity index (χ4n) is 2.77. The Morgan fingerprint density at radius 1 is 1.61 bits per heavy atom. The number of nitrogens with one attached hydrogen (secondary N) is 1. The molecule has 3 nitrogen and oxygen atoms in total. The summed E-state index contributed by atoms with van der Waals surface area (Å²) in [5.41, 5.74) is 1.08. The van der Waals surface area contributed by atoms with E-state index in [9.17, 15) is 9.90 Å². The summed E-state index contributed by atoms with van der Waals surface area (Å²) in [4.78, 5) is 11.8. The second kappa shape index (κ2) is 4.94. The highest BCUT2D eigenvalue weighted by atomic mass is 16.4. The zero-order chi connectivity index (χ0) is 13.2. The number of aliphatic carboxylic acids is 1. The molecule has 0 heterocycles. The van der Waals surface area contributed by atoms with Gasteiger partial charge in [0.25, 0.3) is 0 Å². The fraction of sp³-hybridized carbons (Fsp3) is 0.400. The fourth-order valence-corrected chi connectivity index (χ4v) is 2.77. The van der Waals surface area contributed by atoms with E-state index < -0.39 is 11.5 Å². The molecule has 3 heteroatoms. The summed E-state index contributed by atoms with van der Waals surface area (Å²) >= 11 is 0. The lowest BCUT2D eigenvalue weighted by atomic mass is 9.72. The van der Waals surface area contributed by atoms with E-state index in [4.69, 9.17) is 0 Å². The minimum atomic E-state index is -0.961. The van der Waals surface area contributed by atoms with Crippen LogP contribution in [0.1, 0.15) is 36.8 Å². The van der Waals surface area contributed by atoms with Crippen molar-refractivity contribution in [2.75, 3.05) is 6.54 Å². The van der Waals surface area contributed by atoms with Crippen LogP contribution < -0.4 is 5.32 Å². The number of fused-ring (bicyclic) bond motifs is 1. The van der Waals surface area contributed by atoms with Crippen LogP contribution in [0.5, 0.6) is 0 Å². The maximum Gasteiger partial charge on any atom is 0.328 e. The number of rotatable bonds is 4. The maximum atomic E-state index is 11.8. The Morgan fingerprint density at radius 2 is 2.33 bits per heavy atom. The van der Waals surface area contributed by atoms with Crippen molar-refractivity contribution in [2.45, 2.75) is 31.2 Å². The van der Waals surface area contributed by atoms with Gasteiger partial charge in [0.2, 0.25) is 0 Å². The van der Waals surface area contributed by atoms with Crippen LogP contribution in [0.3, 0.4) is 0 Å². The first-order valence-electron chi connectivity index (χ1n) is 6.30. The van der Waals surface area contributed by atoms with Gasteiger partial charge in [-0.1, -0.05) is 37.3 Å². The van der Waals surface area contributed by atoms with Crippen LogP contribution in [-0.2, 0) is 10.3 Å². The molecule has 0 amide bonds. The van der Waals surface area contributed by atoms with Crippen molar-refractivity contribution < 1.29 is 9.90 Å². The molecule has 1 aliphatic carbocycles. The van der Waals surface area contributed by atoms with E-state index >= 15 is 0 Å².